The molecular formula is C9H9F5N2. The van der Waals surface area contributed by atoms with Crippen molar-refractivity contribution in [3.8, 4) is 0 Å². The SMILES string of the molecule is Cn1nc(C(F)(F)F)c2c1CCCC2(F)F. The third-order valence-corrected chi connectivity index (χ3v) is 2.70. The van der Waals surface area contributed by atoms with Crippen molar-refractivity contribution in [1.29, 1.82) is 0 Å². The molecule has 0 aromatic carbocycles. The number of rotatable bonds is 0. The molecule has 0 aliphatic heterocycles. The van der Waals surface area contributed by atoms with Crippen LogP contribution in [-0.2, 0) is 25.6 Å². The zero-order valence-corrected chi connectivity index (χ0v) is 8.41. The summed E-state index contributed by atoms with van der Waals surface area (Å²) in [6, 6.07) is 0. The molecule has 0 amide bonds. The molecule has 0 bridgehead atoms. The zero-order chi connectivity index (χ0) is 12.1. The molecule has 2 rings (SSSR count). The first-order valence-electron chi connectivity index (χ1n) is 4.75. The van der Waals surface area contributed by atoms with E-state index >= 15 is 0 Å². The fourth-order valence-electron chi connectivity index (χ4n) is 2.03. The summed E-state index contributed by atoms with van der Waals surface area (Å²) < 4.78 is 65.4. The van der Waals surface area contributed by atoms with Gasteiger partial charge in [-0.25, -0.2) is 8.78 Å². The van der Waals surface area contributed by atoms with Gasteiger partial charge in [-0.05, 0) is 12.8 Å². The van der Waals surface area contributed by atoms with Crippen LogP contribution in [0, 0.1) is 0 Å². The molecule has 0 fully saturated rings. The van der Waals surface area contributed by atoms with Crippen LogP contribution in [0.4, 0.5) is 22.0 Å². The lowest BCUT2D eigenvalue weighted by atomic mass is 9.92. The van der Waals surface area contributed by atoms with Crippen molar-refractivity contribution in [1.82, 2.24) is 9.78 Å². The quantitative estimate of drug-likeness (QED) is 0.637. The van der Waals surface area contributed by atoms with E-state index in [1.54, 1.807) is 0 Å². The average molecular weight is 240 g/mol. The van der Waals surface area contributed by atoms with E-state index in [1.807, 2.05) is 0 Å². The lowest BCUT2D eigenvalue weighted by molar-refractivity contribution is -0.146. The first-order valence-corrected chi connectivity index (χ1v) is 4.75. The second-order valence-electron chi connectivity index (χ2n) is 3.85. The van der Waals surface area contributed by atoms with Crippen molar-refractivity contribution >= 4 is 0 Å². The van der Waals surface area contributed by atoms with Crippen LogP contribution in [-0.4, -0.2) is 9.78 Å². The molecule has 16 heavy (non-hydrogen) atoms. The van der Waals surface area contributed by atoms with Gasteiger partial charge in [0.25, 0.3) is 5.92 Å². The molecule has 1 aromatic rings. The number of aryl methyl sites for hydroxylation is 1. The van der Waals surface area contributed by atoms with Gasteiger partial charge in [0.2, 0.25) is 0 Å². The fraction of sp³-hybridized carbons (Fsp3) is 0.667. The van der Waals surface area contributed by atoms with E-state index in [9.17, 15) is 22.0 Å². The summed E-state index contributed by atoms with van der Waals surface area (Å²) in [4.78, 5) is 0. The van der Waals surface area contributed by atoms with Crippen LogP contribution >= 0.6 is 0 Å². The maximum atomic E-state index is 13.4. The highest BCUT2D eigenvalue weighted by molar-refractivity contribution is 5.34. The summed E-state index contributed by atoms with van der Waals surface area (Å²) in [5, 5.41) is 3.17. The summed E-state index contributed by atoms with van der Waals surface area (Å²) >= 11 is 0. The minimum absolute atomic E-state index is 0.0106. The summed E-state index contributed by atoms with van der Waals surface area (Å²) in [6.45, 7) is 0. The maximum absolute atomic E-state index is 13.4. The van der Waals surface area contributed by atoms with Crippen LogP contribution in [0.2, 0.25) is 0 Å². The molecule has 1 aliphatic rings. The van der Waals surface area contributed by atoms with Gasteiger partial charge in [-0.15, -0.1) is 0 Å². The summed E-state index contributed by atoms with van der Waals surface area (Å²) in [5.74, 6) is -3.42. The highest BCUT2D eigenvalue weighted by atomic mass is 19.4. The Labute approximate surface area is 88.1 Å². The minimum Gasteiger partial charge on any atom is -0.272 e. The zero-order valence-electron chi connectivity index (χ0n) is 8.41. The number of nitrogens with zero attached hydrogens (tertiary/aromatic N) is 2. The van der Waals surface area contributed by atoms with Gasteiger partial charge in [0, 0.05) is 19.2 Å². The topological polar surface area (TPSA) is 17.8 Å². The van der Waals surface area contributed by atoms with Gasteiger partial charge in [0.05, 0.1) is 5.56 Å². The molecule has 90 valence electrons. The van der Waals surface area contributed by atoms with E-state index in [0.717, 1.165) is 4.68 Å². The van der Waals surface area contributed by atoms with Crippen LogP contribution < -0.4 is 0 Å². The Morgan fingerprint density at radius 1 is 1.31 bits per heavy atom. The number of halogens is 5. The van der Waals surface area contributed by atoms with Crippen molar-refractivity contribution in [2.75, 3.05) is 0 Å². The Morgan fingerprint density at radius 3 is 2.50 bits per heavy atom. The Morgan fingerprint density at radius 2 is 1.94 bits per heavy atom. The Kier molecular flexibility index (Phi) is 2.25. The highest BCUT2D eigenvalue weighted by Gasteiger charge is 2.49. The largest absolute Gasteiger partial charge is 0.435 e. The van der Waals surface area contributed by atoms with Crippen molar-refractivity contribution in [3.05, 3.63) is 17.0 Å². The lowest BCUT2D eigenvalue weighted by Gasteiger charge is -2.23. The first-order chi connectivity index (χ1) is 7.23. The van der Waals surface area contributed by atoms with Crippen LogP contribution in [0.15, 0.2) is 0 Å². The van der Waals surface area contributed by atoms with Gasteiger partial charge in [0.15, 0.2) is 5.69 Å². The van der Waals surface area contributed by atoms with Crippen molar-refractivity contribution in [2.24, 2.45) is 7.05 Å². The Bertz CT molecular complexity index is 418. The number of fused-ring (bicyclic) bond motifs is 1. The molecule has 0 atom stereocenters. The fourth-order valence-corrected chi connectivity index (χ4v) is 2.03. The molecule has 1 aromatic heterocycles. The number of hydrogen-bond acceptors (Lipinski definition) is 1. The third kappa shape index (κ3) is 1.58. The van der Waals surface area contributed by atoms with E-state index in [-0.39, 0.29) is 18.5 Å². The Balaban J connectivity index is 2.66. The summed E-state index contributed by atoms with van der Waals surface area (Å²) in [5.41, 5.74) is -2.40. The molecule has 0 radical (unpaired) electrons. The van der Waals surface area contributed by atoms with Crippen LogP contribution in [0.1, 0.15) is 29.8 Å². The number of hydrogen-bond donors (Lipinski definition) is 0. The van der Waals surface area contributed by atoms with Gasteiger partial charge in [-0.1, -0.05) is 0 Å². The average Bonchev–Trinajstić information content (AvgIpc) is 2.44. The minimum atomic E-state index is -4.83. The monoisotopic (exact) mass is 240 g/mol. The maximum Gasteiger partial charge on any atom is 0.435 e. The lowest BCUT2D eigenvalue weighted by Crippen LogP contribution is -2.24. The van der Waals surface area contributed by atoms with Crippen LogP contribution in [0.5, 0.6) is 0 Å². The summed E-state index contributed by atoms with van der Waals surface area (Å²) in [7, 11) is 1.26. The van der Waals surface area contributed by atoms with Crippen molar-refractivity contribution in [2.45, 2.75) is 31.4 Å². The molecular weight excluding hydrogens is 231 g/mol. The molecule has 1 aliphatic carbocycles. The standard InChI is InChI=1S/C9H9F5N2/c1-16-5-3-2-4-8(10,11)6(5)7(15-16)9(12,13)14/h2-4H2,1H3. The molecule has 0 saturated carbocycles. The van der Waals surface area contributed by atoms with Gasteiger partial charge in [-0.2, -0.15) is 18.3 Å². The van der Waals surface area contributed by atoms with Gasteiger partial charge >= 0.3 is 6.18 Å². The molecule has 0 spiro atoms. The molecule has 0 unspecified atom stereocenters. The van der Waals surface area contributed by atoms with E-state index in [2.05, 4.69) is 5.10 Å². The second kappa shape index (κ2) is 3.18. The van der Waals surface area contributed by atoms with Gasteiger partial charge in [-0.3, -0.25) is 4.68 Å². The predicted molar refractivity (Wildman–Crippen MR) is 45.0 cm³/mol. The van der Waals surface area contributed by atoms with E-state index in [4.69, 9.17) is 0 Å². The highest BCUT2D eigenvalue weighted by Crippen LogP contribution is 2.45. The molecule has 2 nitrogen and oxygen atoms in total. The van der Waals surface area contributed by atoms with Gasteiger partial charge < -0.3 is 0 Å². The second-order valence-corrected chi connectivity index (χ2v) is 3.85. The Hall–Kier alpha value is -1.14. The van der Waals surface area contributed by atoms with E-state index < -0.39 is 29.8 Å². The summed E-state index contributed by atoms with van der Waals surface area (Å²) in [6.07, 6.45) is -4.98. The number of alkyl halides is 5. The predicted octanol–water partition coefficient (Wildman–Crippen LogP) is 2.87. The third-order valence-electron chi connectivity index (χ3n) is 2.70. The molecule has 1 heterocycles. The molecule has 7 heteroatoms. The number of aromatic nitrogens is 2. The first kappa shape index (κ1) is 11.3. The molecule has 0 saturated heterocycles. The van der Waals surface area contributed by atoms with Crippen LogP contribution in [0.3, 0.4) is 0 Å². The van der Waals surface area contributed by atoms with Crippen molar-refractivity contribution < 1.29 is 22.0 Å². The van der Waals surface area contributed by atoms with Crippen molar-refractivity contribution in [3.63, 3.8) is 0 Å². The van der Waals surface area contributed by atoms with Crippen LogP contribution in [0.25, 0.3) is 0 Å². The van der Waals surface area contributed by atoms with E-state index in [0.29, 0.717) is 0 Å². The molecule has 0 N–H and O–H groups in total. The van der Waals surface area contributed by atoms with Gasteiger partial charge in [0.1, 0.15) is 0 Å². The van der Waals surface area contributed by atoms with E-state index in [1.165, 1.54) is 7.05 Å². The normalized spacial score (nSPS) is 19.6. The smallest absolute Gasteiger partial charge is 0.272 e.